The van der Waals surface area contributed by atoms with Gasteiger partial charge in [0.2, 0.25) is 0 Å². The van der Waals surface area contributed by atoms with Crippen molar-refractivity contribution in [2.24, 2.45) is 0 Å². The highest BCUT2D eigenvalue weighted by molar-refractivity contribution is 5.87. The number of likely N-dealkylation sites (N-methyl/N-ethyl adjacent to an activating group) is 1. The lowest BCUT2D eigenvalue weighted by molar-refractivity contribution is -0.292. The highest BCUT2D eigenvalue weighted by atomic mass is 16.7. The normalized spacial score (nSPS) is 21.2. The van der Waals surface area contributed by atoms with E-state index < -0.39 is 5.79 Å². The van der Waals surface area contributed by atoms with Gasteiger partial charge in [-0.25, -0.2) is 0 Å². The molecule has 2 aromatic rings. The van der Waals surface area contributed by atoms with Crippen LogP contribution in [-0.4, -0.2) is 43.4 Å². The molecule has 1 aliphatic rings. The molecule has 2 atom stereocenters. The molecule has 1 aliphatic heterocycles. The molecule has 1 heterocycles. The van der Waals surface area contributed by atoms with E-state index in [0.29, 0.717) is 12.3 Å². The molecule has 0 bridgehead atoms. The largest absolute Gasteiger partial charge is 0.497 e. The highest BCUT2D eigenvalue weighted by Crippen LogP contribution is 2.37. The van der Waals surface area contributed by atoms with Crippen molar-refractivity contribution in [3.63, 3.8) is 0 Å². The van der Waals surface area contributed by atoms with E-state index in [9.17, 15) is 0 Å². The third kappa shape index (κ3) is 4.22. The van der Waals surface area contributed by atoms with Crippen LogP contribution in [0.5, 0.6) is 5.75 Å². The first-order chi connectivity index (χ1) is 12.9. The zero-order chi connectivity index (χ0) is 19.4. The Morgan fingerprint density at radius 3 is 2.41 bits per heavy atom. The predicted octanol–water partition coefficient (Wildman–Crippen LogP) is 4.11. The molecule has 5 nitrogen and oxygen atoms in total. The first-order valence-electron chi connectivity index (χ1n) is 8.99. The molecule has 0 saturated carbocycles. The summed E-state index contributed by atoms with van der Waals surface area (Å²) in [7, 11) is 3.59. The molecule has 3 rings (SSSR count). The Kier molecular flexibility index (Phi) is 5.66. The van der Waals surface area contributed by atoms with Gasteiger partial charge in [0.25, 0.3) is 0 Å². The van der Waals surface area contributed by atoms with Crippen molar-refractivity contribution in [3.8, 4) is 5.75 Å². The number of methoxy groups -OCH3 is 1. The van der Waals surface area contributed by atoms with Crippen LogP contribution >= 0.6 is 0 Å². The lowest BCUT2D eigenvalue weighted by Crippen LogP contribution is -2.50. The molecule has 5 heteroatoms. The minimum absolute atomic E-state index is 0.0876. The second-order valence-corrected chi connectivity index (χ2v) is 7.04. The fourth-order valence-corrected chi connectivity index (χ4v) is 3.32. The Morgan fingerprint density at radius 1 is 1.15 bits per heavy atom. The molecular weight excluding hydrogens is 340 g/mol. The fourth-order valence-electron chi connectivity index (χ4n) is 3.32. The lowest BCUT2D eigenvalue weighted by Gasteiger charge is -2.45. The third-order valence-corrected chi connectivity index (χ3v) is 4.82. The average molecular weight is 366 g/mol. The molecule has 1 N–H and O–H groups in total. The van der Waals surface area contributed by atoms with E-state index in [-0.39, 0.29) is 12.1 Å². The molecular formula is C22H26N2O3. The quantitative estimate of drug-likeness (QED) is 0.809. The zero-order valence-electron chi connectivity index (χ0n) is 16.2. The summed E-state index contributed by atoms with van der Waals surface area (Å²) in [4.78, 5) is 2.02. The van der Waals surface area contributed by atoms with Gasteiger partial charge in [0.1, 0.15) is 17.6 Å². The SMILES string of the molecule is COc1ccc(C(=C=N)N(C)[C@H]2COC(C)(C)O[C@H]2c2ccccc2)cc1. The molecule has 0 amide bonds. The number of nitrogens with one attached hydrogen (secondary N) is 1. The highest BCUT2D eigenvalue weighted by Gasteiger charge is 2.40. The van der Waals surface area contributed by atoms with Crippen LogP contribution in [0.3, 0.4) is 0 Å². The van der Waals surface area contributed by atoms with Crippen molar-refractivity contribution in [3.05, 3.63) is 65.7 Å². The van der Waals surface area contributed by atoms with Crippen LogP contribution in [0.4, 0.5) is 0 Å². The van der Waals surface area contributed by atoms with E-state index in [0.717, 1.165) is 16.9 Å². The van der Waals surface area contributed by atoms with Crippen LogP contribution in [0.1, 0.15) is 31.1 Å². The van der Waals surface area contributed by atoms with Crippen LogP contribution in [0, 0.1) is 5.41 Å². The van der Waals surface area contributed by atoms with Gasteiger partial charge in [0, 0.05) is 18.5 Å². The smallest absolute Gasteiger partial charge is 0.163 e. The van der Waals surface area contributed by atoms with Gasteiger partial charge < -0.3 is 19.1 Å². The van der Waals surface area contributed by atoms with Crippen molar-refractivity contribution in [1.29, 1.82) is 5.41 Å². The average Bonchev–Trinajstić information content (AvgIpc) is 2.69. The van der Waals surface area contributed by atoms with Crippen molar-refractivity contribution in [2.45, 2.75) is 31.8 Å². The van der Waals surface area contributed by atoms with E-state index in [1.54, 1.807) is 7.11 Å². The zero-order valence-corrected chi connectivity index (χ0v) is 16.2. The lowest BCUT2D eigenvalue weighted by atomic mass is 9.98. The van der Waals surface area contributed by atoms with Gasteiger partial charge in [-0.15, -0.1) is 0 Å². The maximum Gasteiger partial charge on any atom is 0.163 e. The van der Waals surface area contributed by atoms with Crippen LogP contribution < -0.4 is 4.74 Å². The standard InChI is InChI=1S/C22H26N2O3/c1-22(2)26-15-20(21(27-22)17-8-6-5-7-9-17)24(3)19(14-23)16-10-12-18(25-4)13-11-16/h5-13,20-21,23H,15H2,1-4H3/t20-,21-/m0/s1. The molecule has 27 heavy (non-hydrogen) atoms. The Balaban J connectivity index is 1.91. The summed E-state index contributed by atoms with van der Waals surface area (Å²) >= 11 is 0. The summed E-state index contributed by atoms with van der Waals surface area (Å²) in [6, 6.07) is 17.7. The molecule has 142 valence electrons. The van der Waals surface area contributed by atoms with Crippen LogP contribution in [-0.2, 0) is 9.47 Å². The predicted molar refractivity (Wildman–Crippen MR) is 106 cm³/mol. The molecule has 2 aromatic carbocycles. The monoisotopic (exact) mass is 366 g/mol. The first kappa shape index (κ1) is 19.2. The summed E-state index contributed by atoms with van der Waals surface area (Å²) in [5, 5.41) is 7.85. The van der Waals surface area contributed by atoms with Crippen LogP contribution in [0.25, 0.3) is 5.70 Å². The molecule has 0 spiro atoms. The molecule has 0 unspecified atom stereocenters. The van der Waals surface area contributed by atoms with Crippen molar-refractivity contribution in [1.82, 2.24) is 4.90 Å². The van der Waals surface area contributed by atoms with E-state index in [1.165, 1.54) is 0 Å². The van der Waals surface area contributed by atoms with E-state index in [1.807, 2.05) is 68.3 Å². The summed E-state index contributed by atoms with van der Waals surface area (Å²) in [5.74, 6) is 2.70. The minimum Gasteiger partial charge on any atom is -0.497 e. The second kappa shape index (κ2) is 7.97. The van der Waals surface area contributed by atoms with E-state index in [2.05, 4.69) is 18.0 Å². The number of rotatable bonds is 5. The van der Waals surface area contributed by atoms with Gasteiger partial charge in [0.15, 0.2) is 5.79 Å². The van der Waals surface area contributed by atoms with Gasteiger partial charge >= 0.3 is 0 Å². The first-order valence-corrected chi connectivity index (χ1v) is 8.99. The van der Waals surface area contributed by atoms with Gasteiger partial charge in [-0.2, -0.15) is 0 Å². The maximum atomic E-state index is 7.85. The molecule has 0 radical (unpaired) electrons. The Hall–Kier alpha value is -2.59. The summed E-state index contributed by atoms with van der Waals surface area (Å²) in [6.45, 7) is 4.34. The van der Waals surface area contributed by atoms with E-state index >= 15 is 0 Å². The Bertz CT molecular complexity index is 811. The van der Waals surface area contributed by atoms with E-state index in [4.69, 9.17) is 19.6 Å². The second-order valence-electron chi connectivity index (χ2n) is 7.04. The number of benzene rings is 2. The third-order valence-electron chi connectivity index (χ3n) is 4.82. The molecule has 1 saturated heterocycles. The number of hydrogen-bond donors (Lipinski definition) is 1. The van der Waals surface area contributed by atoms with Gasteiger partial charge in [-0.3, -0.25) is 5.41 Å². The van der Waals surface area contributed by atoms with Crippen molar-refractivity contribution >= 4 is 11.6 Å². The number of nitrogens with zero attached hydrogens (tertiary/aromatic N) is 1. The number of hydrogen-bond acceptors (Lipinski definition) is 5. The molecule has 0 aliphatic carbocycles. The van der Waals surface area contributed by atoms with Gasteiger partial charge in [-0.05, 0) is 43.7 Å². The van der Waals surface area contributed by atoms with Crippen molar-refractivity contribution in [2.75, 3.05) is 20.8 Å². The maximum absolute atomic E-state index is 7.85. The fraction of sp³-hybridized carbons (Fsp3) is 0.364. The summed E-state index contributed by atoms with van der Waals surface area (Å²) in [5.41, 5.74) is 2.66. The topological polar surface area (TPSA) is 54.8 Å². The summed E-state index contributed by atoms with van der Waals surface area (Å²) in [6.07, 6.45) is -0.179. The number of ether oxygens (including phenoxy) is 3. The van der Waals surface area contributed by atoms with Crippen LogP contribution in [0.15, 0.2) is 54.6 Å². The van der Waals surface area contributed by atoms with Gasteiger partial charge in [0.05, 0.1) is 19.8 Å². The minimum atomic E-state index is -0.660. The Labute approximate surface area is 160 Å². The van der Waals surface area contributed by atoms with Crippen molar-refractivity contribution < 1.29 is 14.2 Å². The van der Waals surface area contributed by atoms with Gasteiger partial charge in [-0.1, -0.05) is 30.3 Å². The molecule has 0 aromatic heterocycles. The van der Waals surface area contributed by atoms with Crippen LogP contribution in [0.2, 0.25) is 0 Å². The molecule has 1 fully saturated rings. The Morgan fingerprint density at radius 2 is 1.81 bits per heavy atom. The summed E-state index contributed by atoms with van der Waals surface area (Å²) < 4.78 is 17.4.